The van der Waals surface area contributed by atoms with Crippen molar-refractivity contribution >= 4 is 25.7 Å². The van der Waals surface area contributed by atoms with Gasteiger partial charge >= 0.3 is 25.7 Å². The Morgan fingerprint density at radius 2 is 0.575 bits per heavy atom. The van der Waals surface area contributed by atoms with Gasteiger partial charge in [0.25, 0.3) is 0 Å². The topological polar surface area (TPSA) is 155 Å². The lowest BCUT2D eigenvalue weighted by molar-refractivity contribution is -0.161. The van der Waals surface area contributed by atoms with E-state index in [9.17, 15) is 28.9 Å². The second-order valence-corrected chi connectivity index (χ2v) is 24.4. The number of allylic oxidation sites excluding steroid dienone is 6. The third-order valence-corrected chi connectivity index (χ3v) is 16.0. The van der Waals surface area contributed by atoms with Crippen LogP contribution in [0.2, 0.25) is 0 Å². The molecule has 12 heteroatoms. The Morgan fingerprint density at radius 1 is 0.338 bits per heavy atom. The van der Waals surface area contributed by atoms with Crippen molar-refractivity contribution in [2.45, 2.75) is 354 Å². The first-order valence-corrected chi connectivity index (χ1v) is 35.4. The maximum absolute atomic E-state index is 13.0. The lowest BCUT2D eigenvalue weighted by Crippen LogP contribution is -2.30. The van der Waals surface area contributed by atoms with Gasteiger partial charge in [0.15, 0.2) is 6.10 Å². The van der Waals surface area contributed by atoms with E-state index in [1.165, 1.54) is 212 Å². The van der Waals surface area contributed by atoms with E-state index in [-0.39, 0.29) is 25.9 Å². The molecule has 0 radical (unpaired) electrons. The highest BCUT2D eigenvalue weighted by atomic mass is 31.2. The van der Waals surface area contributed by atoms with Crippen molar-refractivity contribution in [2.75, 3.05) is 26.4 Å². The molecule has 0 bridgehead atoms. The number of esters is 3. The molecule has 0 spiro atoms. The number of rotatable bonds is 64. The van der Waals surface area contributed by atoms with Gasteiger partial charge in [-0.1, -0.05) is 263 Å². The molecule has 0 saturated heterocycles. The number of phosphoric acid groups is 1. The normalized spacial score (nSPS) is 13.4. The minimum Gasteiger partial charge on any atom is -0.462 e. The van der Waals surface area contributed by atoms with Crippen molar-refractivity contribution in [3.8, 4) is 0 Å². The van der Waals surface area contributed by atoms with Gasteiger partial charge in [0.2, 0.25) is 0 Å². The highest BCUT2D eigenvalue weighted by Crippen LogP contribution is 2.43. The molecule has 11 nitrogen and oxygen atoms in total. The van der Waals surface area contributed by atoms with Gasteiger partial charge in [0.1, 0.15) is 12.7 Å². The first kappa shape index (κ1) is 77.7. The van der Waals surface area contributed by atoms with Gasteiger partial charge in [-0.25, -0.2) is 4.57 Å². The van der Waals surface area contributed by atoms with Crippen molar-refractivity contribution < 1.29 is 52.2 Å². The number of aliphatic hydroxyl groups is 1. The fourth-order valence-corrected chi connectivity index (χ4v) is 10.6. The van der Waals surface area contributed by atoms with Crippen molar-refractivity contribution in [2.24, 2.45) is 0 Å². The summed E-state index contributed by atoms with van der Waals surface area (Å²) >= 11 is 0. The molecule has 0 amide bonds. The first-order valence-electron chi connectivity index (χ1n) is 33.9. The number of hydrogen-bond acceptors (Lipinski definition) is 10. The van der Waals surface area contributed by atoms with Gasteiger partial charge < -0.3 is 24.2 Å². The van der Waals surface area contributed by atoms with Gasteiger partial charge in [0.05, 0.1) is 19.8 Å². The van der Waals surface area contributed by atoms with Crippen molar-refractivity contribution in [3.05, 3.63) is 36.5 Å². The zero-order valence-corrected chi connectivity index (χ0v) is 53.2. The predicted octanol–water partition coefficient (Wildman–Crippen LogP) is 20.7. The van der Waals surface area contributed by atoms with E-state index in [0.29, 0.717) is 19.3 Å². The summed E-state index contributed by atoms with van der Waals surface area (Å²) < 4.78 is 39.8. The number of hydrogen-bond donors (Lipinski definition) is 2. The molecule has 0 heterocycles. The Morgan fingerprint density at radius 3 is 0.863 bits per heavy atom. The van der Waals surface area contributed by atoms with Crippen molar-refractivity contribution in [3.63, 3.8) is 0 Å². The van der Waals surface area contributed by atoms with E-state index in [4.69, 9.17) is 23.3 Å². The Bertz CT molecular complexity index is 1480. The summed E-state index contributed by atoms with van der Waals surface area (Å²) in [5.41, 5.74) is 0. The number of carbonyl (C=O) groups excluding carboxylic acids is 3. The molecule has 0 aromatic heterocycles. The molecule has 2 N–H and O–H groups in total. The summed E-state index contributed by atoms with van der Waals surface area (Å²) in [6, 6.07) is 0. The highest BCUT2D eigenvalue weighted by Gasteiger charge is 2.28. The molecular weight excluding hydrogens is 1020 g/mol. The Balaban J connectivity index is 4.66. The maximum atomic E-state index is 13.0. The zero-order chi connectivity index (χ0) is 58.3. The third-order valence-electron chi connectivity index (χ3n) is 15.0. The van der Waals surface area contributed by atoms with Crippen LogP contribution in [0.1, 0.15) is 342 Å². The van der Waals surface area contributed by atoms with Gasteiger partial charge in [-0.3, -0.25) is 23.4 Å². The smallest absolute Gasteiger partial charge is 0.462 e. The average molecular weight is 1150 g/mol. The zero-order valence-electron chi connectivity index (χ0n) is 52.3. The van der Waals surface area contributed by atoms with Crippen LogP contribution >= 0.6 is 7.82 Å². The molecule has 80 heavy (non-hydrogen) atoms. The van der Waals surface area contributed by atoms with Crippen LogP contribution in [-0.4, -0.2) is 66.5 Å². The van der Waals surface area contributed by atoms with Crippen LogP contribution in [0.5, 0.6) is 0 Å². The van der Waals surface area contributed by atoms with Crippen LogP contribution in [-0.2, 0) is 42.2 Å². The van der Waals surface area contributed by atoms with E-state index >= 15 is 0 Å². The highest BCUT2D eigenvalue weighted by molar-refractivity contribution is 7.47. The summed E-state index contributed by atoms with van der Waals surface area (Å²) in [5, 5.41) is 9.86. The van der Waals surface area contributed by atoms with Gasteiger partial charge in [-0.15, -0.1) is 0 Å². The second kappa shape index (κ2) is 62.7. The van der Waals surface area contributed by atoms with E-state index < -0.39 is 57.8 Å². The molecule has 0 aliphatic carbocycles. The molecule has 0 aliphatic rings. The summed E-state index contributed by atoms with van der Waals surface area (Å²) in [4.78, 5) is 48.8. The number of phosphoric ester groups is 1. The Kier molecular flexibility index (Phi) is 60.9. The van der Waals surface area contributed by atoms with Crippen LogP contribution < -0.4 is 0 Å². The van der Waals surface area contributed by atoms with Crippen LogP contribution in [0, 0.1) is 0 Å². The molecule has 470 valence electrons. The van der Waals surface area contributed by atoms with Crippen LogP contribution in [0.25, 0.3) is 0 Å². The number of carbonyl (C=O) groups is 3. The van der Waals surface area contributed by atoms with Gasteiger partial charge in [0, 0.05) is 19.3 Å². The maximum Gasteiger partial charge on any atom is 0.472 e. The molecule has 0 aromatic carbocycles. The van der Waals surface area contributed by atoms with E-state index in [1.54, 1.807) is 0 Å². The first-order chi connectivity index (χ1) is 39.2. The minimum absolute atomic E-state index is 0.166. The van der Waals surface area contributed by atoms with Crippen molar-refractivity contribution in [1.29, 1.82) is 0 Å². The SMILES string of the molecule is CCCCCCCC/C=C\CCCCCCCCCCCC(=O)OCC(COP(=O)(O)OCC(CO)OC(=O)CCCCCCCCC/C=C\CCCCCCCC)OC(=O)CCCCCCCCC/C=C\CCCCCCCC. The molecule has 0 aromatic rings. The second-order valence-electron chi connectivity index (χ2n) is 23.0. The van der Waals surface area contributed by atoms with Crippen LogP contribution in [0.15, 0.2) is 36.5 Å². The van der Waals surface area contributed by atoms with Crippen LogP contribution in [0.3, 0.4) is 0 Å². The molecule has 3 unspecified atom stereocenters. The van der Waals surface area contributed by atoms with Gasteiger partial charge in [-0.05, 0) is 96.3 Å². The van der Waals surface area contributed by atoms with E-state index in [1.807, 2.05) is 0 Å². The quantitative estimate of drug-likeness (QED) is 0.0197. The predicted molar refractivity (Wildman–Crippen MR) is 335 cm³/mol. The number of unbranched alkanes of at least 4 members (excludes halogenated alkanes) is 41. The van der Waals surface area contributed by atoms with Crippen molar-refractivity contribution in [1.82, 2.24) is 0 Å². The monoisotopic (exact) mass is 1150 g/mol. The van der Waals surface area contributed by atoms with E-state index in [0.717, 1.165) is 70.6 Å². The summed E-state index contributed by atoms with van der Waals surface area (Å²) in [6.45, 7) is 4.70. The number of aliphatic hydroxyl groups excluding tert-OH is 1. The molecule has 0 aliphatic heterocycles. The van der Waals surface area contributed by atoms with Gasteiger partial charge in [-0.2, -0.15) is 0 Å². The lowest BCUT2D eigenvalue weighted by atomic mass is 10.1. The largest absolute Gasteiger partial charge is 0.472 e. The average Bonchev–Trinajstić information content (AvgIpc) is 3.45. The third kappa shape index (κ3) is 60.3. The standard InChI is InChI=1S/C68H127O11P/c1-4-7-10-13-16-19-22-25-28-31-32-35-36-39-42-45-48-51-54-57-66(70)75-61-65(79-68(72)59-56-53-50-47-44-41-38-34-30-27-24-21-18-15-12-9-6-3)63-77-80(73,74)76-62-64(60-69)78-67(71)58-55-52-49-46-43-40-37-33-29-26-23-20-17-14-11-8-5-2/h25-30,64-65,69H,4-24,31-63H2,1-3H3,(H,73,74)/b28-25-,29-26-,30-27-. The summed E-state index contributed by atoms with van der Waals surface area (Å²) in [7, 11) is -4.75. The Hall–Kier alpha value is -2.30. The number of ether oxygens (including phenoxy) is 3. The van der Waals surface area contributed by atoms with Crippen LogP contribution in [0.4, 0.5) is 0 Å². The molecule has 0 saturated carbocycles. The molecule has 0 rings (SSSR count). The lowest BCUT2D eigenvalue weighted by Gasteiger charge is -2.21. The molecule has 3 atom stereocenters. The molecular formula is C68H127O11P. The molecule has 0 fully saturated rings. The minimum atomic E-state index is -4.75. The fraction of sp³-hybridized carbons (Fsp3) is 0.868. The summed E-state index contributed by atoms with van der Waals surface area (Å²) in [6.07, 6.45) is 68.0. The summed E-state index contributed by atoms with van der Waals surface area (Å²) in [5.74, 6) is -1.45. The van der Waals surface area contributed by atoms with E-state index in [2.05, 4.69) is 57.2 Å². The fourth-order valence-electron chi connectivity index (χ4n) is 9.81. The Labute approximate surface area is 492 Å².